The lowest BCUT2D eigenvalue weighted by Gasteiger charge is -2.34. The Labute approximate surface area is 168 Å². The average Bonchev–Trinajstić information content (AvgIpc) is 2.72. The molecule has 29 heavy (non-hydrogen) atoms. The number of carbonyl (C=O) groups is 2. The van der Waals surface area contributed by atoms with Gasteiger partial charge in [0.15, 0.2) is 17.3 Å². The van der Waals surface area contributed by atoms with Crippen LogP contribution >= 0.6 is 0 Å². The van der Waals surface area contributed by atoms with Crippen LogP contribution in [-0.4, -0.2) is 25.9 Å². The summed E-state index contributed by atoms with van der Waals surface area (Å²) in [4.78, 5) is 25.5. The Morgan fingerprint density at radius 2 is 1.59 bits per heavy atom. The molecule has 4 rings (SSSR count). The minimum atomic E-state index is -0.319. The van der Waals surface area contributed by atoms with E-state index in [9.17, 15) is 14.0 Å². The molecule has 1 amide bonds. The second kappa shape index (κ2) is 7.70. The van der Waals surface area contributed by atoms with Crippen molar-refractivity contribution in [3.05, 3.63) is 70.7 Å². The lowest BCUT2D eigenvalue weighted by atomic mass is 9.73. The number of methoxy groups -OCH3 is 2. The Morgan fingerprint density at radius 1 is 0.897 bits per heavy atom. The highest BCUT2D eigenvalue weighted by Gasteiger charge is 2.38. The molecule has 0 spiro atoms. The molecule has 2 aliphatic rings. The number of Topliss-reactive ketones (excluding diaryl/α,β-unsaturated/α-hetero) is 1. The van der Waals surface area contributed by atoms with Gasteiger partial charge in [-0.1, -0.05) is 18.2 Å². The van der Waals surface area contributed by atoms with Crippen molar-refractivity contribution in [2.24, 2.45) is 0 Å². The summed E-state index contributed by atoms with van der Waals surface area (Å²) in [6, 6.07) is 11.7. The zero-order valence-corrected chi connectivity index (χ0v) is 16.3. The first-order chi connectivity index (χ1) is 14.0. The van der Waals surface area contributed by atoms with Gasteiger partial charge in [-0.2, -0.15) is 0 Å². The maximum Gasteiger partial charge on any atom is 0.225 e. The number of rotatable bonds is 4. The standard InChI is InChI=1S/C23H22FNO4/c1-28-20-8-5-14(11-21(20)29-2)17-12-22(27)25-18-9-15(10-19(26)23(17)18)13-3-6-16(24)7-4-13/h3-8,11,15,17H,9-10,12H2,1-2H3,(H,25,27)/t15-,17-/m0/s1. The fourth-order valence-electron chi connectivity index (χ4n) is 4.29. The maximum atomic E-state index is 13.3. The molecule has 2 aromatic carbocycles. The van der Waals surface area contributed by atoms with E-state index in [-0.39, 0.29) is 35.8 Å². The van der Waals surface area contributed by atoms with E-state index in [4.69, 9.17) is 9.47 Å². The predicted molar refractivity (Wildman–Crippen MR) is 105 cm³/mol. The third-order valence-corrected chi connectivity index (χ3v) is 5.69. The largest absolute Gasteiger partial charge is 0.493 e. The summed E-state index contributed by atoms with van der Waals surface area (Å²) in [6.07, 6.45) is 1.09. The van der Waals surface area contributed by atoms with Gasteiger partial charge in [0.05, 0.1) is 14.2 Å². The van der Waals surface area contributed by atoms with E-state index in [1.54, 1.807) is 32.4 Å². The quantitative estimate of drug-likeness (QED) is 0.854. The molecule has 0 aromatic heterocycles. The molecule has 1 heterocycles. The molecule has 0 fully saturated rings. The van der Waals surface area contributed by atoms with Crippen LogP contribution < -0.4 is 14.8 Å². The molecular weight excluding hydrogens is 373 g/mol. The van der Waals surface area contributed by atoms with Crippen LogP contribution in [0.25, 0.3) is 0 Å². The Bertz CT molecular complexity index is 996. The van der Waals surface area contributed by atoms with E-state index >= 15 is 0 Å². The first-order valence-electron chi connectivity index (χ1n) is 9.53. The Kier molecular flexibility index (Phi) is 5.09. The van der Waals surface area contributed by atoms with Crippen LogP contribution in [0, 0.1) is 5.82 Å². The Balaban J connectivity index is 1.71. The average molecular weight is 395 g/mol. The maximum absolute atomic E-state index is 13.3. The van der Waals surface area contributed by atoms with Gasteiger partial charge in [-0.25, -0.2) is 4.39 Å². The molecule has 0 radical (unpaired) electrons. The molecule has 150 valence electrons. The van der Waals surface area contributed by atoms with Crippen LogP contribution in [0.5, 0.6) is 11.5 Å². The van der Waals surface area contributed by atoms with E-state index in [0.29, 0.717) is 35.6 Å². The van der Waals surface area contributed by atoms with Gasteiger partial charge in [0, 0.05) is 30.0 Å². The van der Waals surface area contributed by atoms with Crippen molar-refractivity contribution in [2.45, 2.75) is 31.1 Å². The number of carbonyl (C=O) groups excluding carboxylic acids is 2. The first-order valence-corrected chi connectivity index (χ1v) is 9.53. The molecular formula is C23H22FNO4. The van der Waals surface area contributed by atoms with Gasteiger partial charge in [-0.3, -0.25) is 9.59 Å². The number of hydrogen-bond acceptors (Lipinski definition) is 4. The van der Waals surface area contributed by atoms with E-state index in [0.717, 1.165) is 11.1 Å². The van der Waals surface area contributed by atoms with Gasteiger partial charge in [0.2, 0.25) is 5.91 Å². The molecule has 0 saturated heterocycles. The second-order valence-electron chi connectivity index (χ2n) is 7.39. The summed E-state index contributed by atoms with van der Waals surface area (Å²) in [7, 11) is 3.12. The summed E-state index contributed by atoms with van der Waals surface area (Å²) in [5.41, 5.74) is 3.08. The van der Waals surface area contributed by atoms with Gasteiger partial charge in [-0.05, 0) is 47.7 Å². The van der Waals surface area contributed by atoms with Crippen LogP contribution in [0.3, 0.4) is 0 Å². The van der Waals surface area contributed by atoms with Crippen LogP contribution in [-0.2, 0) is 9.59 Å². The molecule has 2 atom stereocenters. The van der Waals surface area contributed by atoms with Crippen LogP contribution in [0.4, 0.5) is 4.39 Å². The van der Waals surface area contributed by atoms with Gasteiger partial charge in [0.25, 0.3) is 0 Å². The Hall–Kier alpha value is -3.15. The molecule has 1 aliphatic heterocycles. The van der Waals surface area contributed by atoms with Crippen molar-refractivity contribution in [3.8, 4) is 11.5 Å². The molecule has 1 N–H and O–H groups in total. The van der Waals surface area contributed by atoms with Crippen molar-refractivity contribution in [3.63, 3.8) is 0 Å². The number of allylic oxidation sites excluding steroid dienone is 2. The number of hydrogen-bond donors (Lipinski definition) is 1. The number of nitrogens with one attached hydrogen (secondary N) is 1. The molecule has 0 saturated carbocycles. The number of ketones is 1. The lowest BCUT2D eigenvalue weighted by Crippen LogP contribution is -2.38. The number of ether oxygens (including phenoxy) is 2. The van der Waals surface area contributed by atoms with Gasteiger partial charge >= 0.3 is 0 Å². The number of amides is 1. The molecule has 5 nitrogen and oxygen atoms in total. The predicted octanol–water partition coefficient (Wildman–Crippen LogP) is 3.85. The fourth-order valence-corrected chi connectivity index (χ4v) is 4.29. The molecule has 0 bridgehead atoms. The summed E-state index contributed by atoms with van der Waals surface area (Å²) < 4.78 is 23.9. The minimum Gasteiger partial charge on any atom is -0.493 e. The number of halogens is 1. The van der Waals surface area contributed by atoms with Crippen molar-refractivity contribution in [2.75, 3.05) is 14.2 Å². The Morgan fingerprint density at radius 3 is 2.28 bits per heavy atom. The van der Waals surface area contributed by atoms with Crippen LogP contribution in [0.15, 0.2) is 53.7 Å². The lowest BCUT2D eigenvalue weighted by molar-refractivity contribution is -0.122. The van der Waals surface area contributed by atoms with E-state index in [1.165, 1.54) is 12.1 Å². The third-order valence-electron chi connectivity index (χ3n) is 5.69. The van der Waals surface area contributed by atoms with Crippen molar-refractivity contribution in [1.29, 1.82) is 0 Å². The van der Waals surface area contributed by atoms with Crippen molar-refractivity contribution >= 4 is 11.7 Å². The SMILES string of the molecule is COc1ccc([C@@H]2CC(=O)NC3=C2C(=O)C[C@@H](c2ccc(F)cc2)C3)cc1OC. The normalized spacial score (nSPS) is 21.5. The molecule has 1 aliphatic carbocycles. The van der Waals surface area contributed by atoms with Crippen molar-refractivity contribution in [1.82, 2.24) is 5.32 Å². The van der Waals surface area contributed by atoms with Gasteiger partial charge in [-0.15, -0.1) is 0 Å². The monoisotopic (exact) mass is 395 g/mol. The highest BCUT2D eigenvalue weighted by molar-refractivity contribution is 6.02. The minimum absolute atomic E-state index is 0.0142. The zero-order valence-electron chi connectivity index (χ0n) is 16.3. The first kappa shape index (κ1) is 19.2. The van der Waals surface area contributed by atoms with Gasteiger partial charge in [0.1, 0.15) is 5.82 Å². The second-order valence-corrected chi connectivity index (χ2v) is 7.39. The highest BCUT2D eigenvalue weighted by atomic mass is 19.1. The smallest absolute Gasteiger partial charge is 0.225 e. The van der Waals surface area contributed by atoms with E-state index in [1.807, 2.05) is 12.1 Å². The van der Waals surface area contributed by atoms with Gasteiger partial charge < -0.3 is 14.8 Å². The van der Waals surface area contributed by atoms with E-state index in [2.05, 4.69) is 5.32 Å². The van der Waals surface area contributed by atoms with Crippen molar-refractivity contribution < 1.29 is 23.5 Å². The fraction of sp³-hybridized carbons (Fsp3) is 0.304. The summed E-state index contributed by atoms with van der Waals surface area (Å²) in [5, 5.41) is 2.90. The van der Waals surface area contributed by atoms with Crippen LogP contribution in [0.1, 0.15) is 42.2 Å². The van der Waals surface area contributed by atoms with E-state index < -0.39 is 0 Å². The highest BCUT2D eigenvalue weighted by Crippen LogP contribution is 2.44. The topological polar surface area (TPSA) is 64.6 Å². The third kappa shape index (κ3) is 3.62. The summed E-state index contributed by atoms with van der Waals surface area (Å²) in [6.45, 7) is 0. The molecule has 2 aromatic rings. The summed E-state index contributed by atoms with van der Waals surface area (Å²) in [5.74, 6) is 0.348. The number of benzene rings is 2. The molecule has 6 heteroatoms. The summed E-state index contributed by atoms with van der Waals surface area (Å²) >= 11 is 0. The molecule has 0 unspecified atom stereocenters. The van der Waals surface area contributed by atoms with Crippen LogP contribution in [0.2, 0.25) is 0 Å². The zero-order chi connectivity index (χ0) is 20.5.